The molecule has 0 aliphatic heterocycles. The van der Waals surface area contributed by atoms with E-state index in [1.165, 1.54) is 22.9 Å². The van der Waals surface area contributed by atoms with Gasteiger partial charge in [0.15, 0.2) is 5.75 Å². The smallest absolute Gasteiger partial charge is 0.234 e. The molecular weight excluding hydrogens is 389 g/mol. The molecule has 1 N–H and O–H groups in total. The van der Waals surface area contributed by atoms with Crippen molar-refractivity contribution in [2.75, 3.05) is 23.4 Å². The number of hydrogen-bond acceptors (Lipinski definition) is 3. The minimum Gasteiger partial charge on any atom is -0.490 e. The monoisotopic (exact) mass is 411 g/mol. The lowest BCUT2D eigenvalue weighted by molar-refractivity contribution is -0.113. The van der Waals surface area contributed by atoms with Gasteiger partial charge < -0.3 is 10.1 Å². The van der Waals surface area contributed by atoms with Crippen LogP contribution in [0.5, 0.6) is 5.75 Å². The minimum absolute atomic E-state index is 0.00127. The molecule has 0 bridgehead atoms. The molecule has 0 radical (unpaired) electrons. The van der Waals surface area contributed by atoms with Crippen molar-refractivity contribution in [2.24, 2.45) is 0 Å². The van der Waals surface area contributed by atoms with Crippen LogP contribution >= 0.6 is 35.0 Å². The Morgan fingerprint density at radius 3 is 2.19 bits per heavy atom. The van der Waals surface area contributed by atoms with Gasteiger partial charge in [0.2, 0.25) is 5.91 Å². The maximum Gasteiger partial charge on any atom is 0.234 e. The van der Waals surface area contributed by atoms with Crippen molar-refractivity contribution in [3.63, 3.8) is 0 Å². The van der Waals surface area contributed by atoms with E-state index in [1.807, 2.05) is 6.07 Å². The van der Waals surface area contributed by atoms with Crippen molar-refractivity contribution in [1.82, 2.24) is 0 Å². The predicted molar refractivity (Wildman–Crippen MR) is 113 cm³/mol. The van der Waals surface area contributed by atoms with Gasteiger partial charge in [-0.2, -0.15) is 0 Å². The van der Waals surface area contributed by atoms with E-state index in [0.29, 0.717) is 33.9 Å². The van der Waals surface area contributed by atoms with Crippen molar-refractivity contribution < 1.29 is 9.53 Å². The van der Waals surface area contributed by atoms with Crippen molar-refractivity contribution in [3.8, 4) is 5.75 Å². The van der Waals surface area contributed by atoms with Gasteiger partial charge in [-0.15, -0.1) is 11.8 Å². The fourth-order valence-corrected chi connectivity index (χ4v) is 3.68. The molecule has 0 aromatic heterocycles. The Balaban J connectivity index is 1.80. The Hall–Kier alpha value is -1.36. The van der Waals surface area contributed by atoms with Gasteiger partial charge >= 0.3 is 0 Å². The van der Waals surface area contributed by atoms with Gasteiger partial charge in [0.05, 0.1) is 22.4 Å². The summed E-state index contributed by atoms with van der Waals surface area (Å²) in [4.78, 5) is 12.3. The van der Waals surface area contributed by atoms with Crippen LogP contribution in [0.3, 0.4) is 0 Å². The van der Waals surface area contributed by atoms with E-state index in [9.17, 15) is 4.79 Å². The van der Waals surface area contributed by atoms with E-state index in [2.05, 4.69) is 31.3 Å². The number of hydrogen-bond donors (Lipinski definition) is 1. The van der Waals surface area contributed by atoms with E-state index in [-0.39, 0.29) is 5.91 Å². The molecule has 0 atom stereocenters. The number of thioether (sulfide) groups is 1. The summed E-state index contributed by atoms with van der Waals surface area (Å²) in [6.45, 7) is 4.62. The van der Waals surface area contributed by atoms with Crippen molar-refractivity contribution >= 4 is 46.6 Å². The van der Waals surface area contributed by atoms with E-state index in [4.69, 9.17) is 27.9 Å². The third-order valence-electron chi connectivity index (χ3n) is 3.89. The summed E-state index contributed by atoms with van der Waals surface area (Å²) in [5.74, 6) is 1.54. The number of rotatable bonds is 9. The molecule has 0 saturated carbocycles. The molecule has 2 rings (SSSR count). The first-order valence-corrected chi connectivity index (χ1v) is 10.5. The predicted octanol–water partition coefficient (Wildman–Crippen LogP) is 5.87. The van der Waals surface area contributed by atoms with Gasteiger partial charge in [-0.1, -0.05) is 61.3 Å². The van der Waals surface area contributed by atoms with Crippen molar-refractivity contribution in [3.05, 3.63) is 57.6 Å². The second-order valence-electron chi connectivity index (χ2n) is 5.66. The summed E-state index contributed by atoms with van der Waals surface area (Å²) < 4.78 is 5.62. The highest BCUT2D eigenvalue weighted by molar-refractivity contribution is 7.99. The van der Waals surface area contributed by atoms with E-state index < -0.39 is 0 Å². The fraction of sp³-hybridized carbons (Fsp3) is 0.350. The first-order chi connectivity index (χ1) is 12.6. The molecule has 0 aliphatic rings. The highest BCUT2D eigenvalue weighted by Gasteiger charge is 2.10. The number of carbonyl (C=O) groups excluding carboxylic acids is 1. The molecule has 140 valence electrons. The summed E-state index contributed by atoms with van der Waals surface area (Å²) in [7, 11) is 0. The number of carbonyl (C=O) groups is 1. The van der Waals surface area contributed by atoms with Crippen LogP contribution in [0.4, 0.5) is 5.69 Å². The highest BCUT2D eigenvalue weighted by Crippen LogP contribution is 2.32. The third-order valence-corrected chi connectivity index (χ3v) is 5.41. The van der Waals surface area contributed by atoms with Crippen LogP contribution in [0, 0.1) is 0 Å². The maximum absolute atomic E-state index is 12.3. The zero-order valence-corrected chi connectivity index (χ0v) is 17.3. The van der Waals surface area contributed by atoms with Gasteiger partial charge in [0, 0.05) is 11.4 Å². The molecule has 26 heavy (non-hydrogen) atoms. The second kappa shape index (κ2) is 10.7. The Bertz CT molecular complexity index is 710. The molecule has 1 amide bonds. The lowest BCUT2D eigenvalue weighted by atomic mass is 10.0. The number of benzene rings is 2. The molecule has 0 spiro atoms. The van der Waals surface area contributed by atoms with E-state index in [0.717, 1.165) is 18.5 Å². The molecule has 0 unspecified atom stereocenters. The number of ether oxygens (including phenoxy) is 1. The average Bonchev–Trinajstić information content (AvgIpc) is 2.63. The topological polar surface area (TPSA) is 38.3 Å². The molecule has 0 aliphatic carbocycles. The zero-order chi connectivity index (χ0) is 18.9. The molecular formula is C20H23Cl2NO2S. The summed E-state index contributed by atoms with van der Waals surface area (Å²) in [5, 5.41) is 4.04. The highest BCUT2D eigenvalue weighted by atomic mass is 35.5. The zero-order valence-electron chi connectivity index (χ0n) is 15.0. The fourth-order valence-electron chi connectivity index (χ4n) is 2.57. The molecule has 6 heteroatoms. The van der Waals surface area contributed by atoms with E-state index >= 15 is 0 Å². The largest absolute Gasteiger partial charge is 0.490 e. The normalized spacial score (nSPS) is 10.6. The molecule has 2 aromatic carbocycles. The Morgan fingerprint density at radius 1 is 1.04 bits per heavy atom. The third kappa shape index (κ3) is 5.83. The van der Waals surface area contributed by atoms with Gasteiger partial charge in [-0.25, -0.2) is 0 Å². The standard InChI is InChI=1S/C20H23Cl2NO2S/c1-3-14-7-5-8-15(4-2)19(14)23-18(24)13-26-12-11-25-20-16(21)9-6-10-17(20)22/h5-10H,3-4,11-13H2,1-2H3,(H,23,24). The lowest BCUT2D eigenvalue weighted by Crippen LogP contribution is -2.17. The van der Waals surface area contributed by atoms with Crippen LogP contribution in [0.15, 0.2) is 36.4 Å². The van der Waals surface area contributed by atoms with Gasteiger partial charge in [0.1, 0.15) is 0 Å². The van der Waals surface area contributed by atoms with Crippen LogP contribution in [-0.4, -0.2) is 24.0 Å². The Morgan fingerprint density at radius 2 is 1.62 bits per heavy atom. The molecule has 0 saturated heterocycles. The lowest BCUT2D eigenvalue weighted by Gasteiger charge is -2.14. The molecule has 2 aromatic rings. The van der Waals surface area contributed by atoms with Crippen molar-refractivity contribution in [1.29, 1.82) is 0 Å². The van der Waals surface area contributed by atoms with E-state index in [1.54, 1.807) is 18.2 Å². The number of halogens is 2. The van der Waals surface area contributed by atoms with Crippen molar-refractivity contribution in [2.45, 2.75) is 26.7 Å². The summed E-state index contributed by atoms with van der Waals surface area (Å²) in [6, 6.07) is 11.4. The SMILES string of the molecule is CCc1cccc(CC)c1NC(=O)CSCCOc1c(Cl)cccc1Cl. The summed E-state index contributed by atoms with van der Waals surface area (Å²) in [5.41, 5.74) is 3.29. The van der Waals surface area contributed by atoms with Gasteiger partial charge in [-0.3, -0.25) is 4.79 Å². The Kier molecular flexibility index (Phi) is 8.63. The number of nitrogens with one attached hydrogen (secondary N) is 1. The average molecular weight is 412 g/mol. The van der Waals surface area contributed by atoms with Crippen LogP contribution in [0.2, 0.25) is 10.0 Å². The number of amides is 1. The number of aryl methyl sites for hydroxylation is 2. The van der Waals surface area contributed by atoms with Gasteiger partial charge in [0.25, 0.3) is 0 Å². The van der Waals surface area contributed by atoms with Gasteiger partial charge in [-0.05, 0) is 36.1 Å². The number of para-hydroxylation sites is 2. The van der Waals surface area contributed by atoms with Crippen LogP contribution in [0.25, 0.3) is 0 Å². The first kappa shape index (κ1) is 20.9. The first-order valence-electron chi connectivity index (χ1n) is 8.62. The Labute approximate surface area is 169 Å². The molecule has 3 nitrogen and oxygen atoms in total. The quantitative estimate of drug-likeness (QED) is 0.524. The molecule has 0 fully saturated rings. The maximum atomic E-state index is 12.3. The summed E-state index contributed by atoms with van der Waals surface area (Å²) in [6.07, 6.45) is 1.78. The van der Waals surface area contributed by atoms with Crippen LogP contribution in [-0.2, 0) is 17.6 Å². The van der Waals surface area contributed by atoms with Crippen LogP contribution in [0.1, 0.15) is 25.0 Å². The van der Waals surface area contributed by atoms with Crippen LogP contribution < -0.4 is 10.1 Å². The molecule has 0 heterocycles. The summed E-state index contributed by atoms with van der Waals surface area (Å²) >= 11 is 13.6. The number of anilines is 1. The second-order valence-corrected chi connectivity index (χ2v) is 7.58. The minimum atomic E-state index is 0.00127.